The van der Waals surface area contributed by atoms with Gasteiger partial charge in [0.1, 0.15) is 12.1 Å². The van der Waals surface area contributed by atoms with E-state index in [4.69, 9.17) is 4.74 Å². The van der Waals surface area contributed by atoms with E-state index in [1.54, 1.807) is 13.4 Å². The fourth-order valence-electron chi connectivity index (χ4n) is 2.48. The van der Waals surface area contributed by atoms with E-state index in [0.29, 0.717) is 18.1 Å². The number of ether oxygens (including phenoxy) is 1. The summed E-state index contributed by atoms with van der Waals surface area (Å²) in [5, 5.41) is 3.50. The molecular formula is C14H23N3O. The molecule has 2 rings (SSSR count). The van der Waals surface area contributed by atoms with Crippen molar-refractivity contribution in [3.8, 4) is 0 Å². The van der Waals surface area contributed by atoms with Crippen molar-refractivity contribution in [3.63, 3.8) is 0 Å². The normalized spacial score (nSPS) is 25.9. The first-order valence-corrected chi connectivity index (χ1v) is 6.56. The Morgan fingerprint density at radius 2 is 2.11 bits per heavy atom. The predicted octanol–water partition coefficient (Wildman–Crippen LogP) is 2.83. The van der Waals surface area contributed by atoms with Gasteiger partial charge in [-0.05, 0) is 12.3 Å². The molecule has 1 heterocycles. The maximum Gasteiger partial charge on any atom is 0.129 e. The number of hydrogen-bond donors (Lipinski definition) is 1. The highest BCUT2D eigenvalue weighted by atomic mass is 16.5. The molecule has 2 unspecified atom stereocenters. The van der Waals surface area contributed by atoms with Crippen molar-refractivity contribution in [2.24, 2.45) is 5.41 Å². The van der Waals surface area contributed by atoms with Crippen LogP contribution in [0.3, 0.4) is 0 Å². The second-order valence-corrected chi connectivity index (χ2v) is 5.96. The van der Waals surface area contributed by atoms with Crippen LogP contribution in [0.15, 0.2) is 12.4 Å². The third-order valence-electron chi connectivity index (χ3n) is 4.06. The molecule has 1 aliphatic rings. The highest BCUT2D eigenvalue weighted by Crippen LogP contribution is 2.43. The van der Waals surface area contributed by atoms with E-state index in [-0.39, 0.29) is 5.41 Å². The lowest BCUT2D eigenvalue weighted by Crippen LogP contribution is -2.57. The number of nitrogens with one attached hydrogen (secondary N) is 1. The third kappa shape index (κ3) is 2.34. The highest BCUT2D eigenvalue weighted by Gasteiger charge is 2.48. The molecule has 0 aliphatic heterocycles. The van der Waals surface area contributed by atoms with Crippen LogP contribution in [0, 0.1) is 5.41 Å². The van der Waals surface area contributed by atoms with E-state index in [1.165, 1.54) is 0 Å². The van der Waals surface area contributed by atoms with Gasteiger partial charge in [0, 0.05) is 30.3 Å². The molecule has 1 N–H and O–H groups in total. The van der Waals surface area contributed by atoms with E-state index in [0.717, 1.165) is 17.9 Å². The lowest BCUT2D eigenvalue weighted by atomic mass is 9.64. The molecule has 4 heteroatoms. The summed E-state index contributed by atoms with van der Waals surface area (Å²) in [5.74, 6) is 1.34. The summed E-state index contributed by atoms with van der Waals surface area (Å²) in [4.78, 5) is 8.58. The van der Waals surface area contributed by atoms with Crippen molar-refractivity contribution >= 4 is 5.82 Å². The van der Waals surface area contributed by atoms with Gasteiger partial charge in [0.15, 0.2) is 0 Å². The van der Waals surface area contributed by atoms with Gasteiger partial charge < -0.3 is 10.1 Å². The van der Waals surface area contributed by atoms with Gasteiger partial charge in [0.2, 0.25) is 0 Å². The molecule has 100 valence electrons. The van der Waals surface area contributed by atoms with Crippen LogP contribution >= 0.6 is 0 Å². The lowest BCUT2D eigenvalue weighted by Gasteiger charge is -2.51. The van der Waals surface area contributed by atoms with Crippen molar-refractivity contribution in [2.45, 2.75) is 52.2 Å². The summed E-state index contributed by atoms with van der Waals surface area (Å²) in [6.45, 7) is 8.74. The van der Waals surface area contributed by atoms with Gasteiger partial charge in [-0.3, -0.25) is 0 Å². The Labute approximate surface area is 109 Å². The van der Waals surface area contributed by atoms with Crippen molar-refractivity contribution in [1.82, 2.24) is 9.97 Å². The largest absolute Gasteiger partial charge is 0.381 e. The van der Waals surface area contributed by atoms with Crippen LogP contribution in [0.5, 0.6) is 0 Å². The number of aromatic nitrogens is 2. The standard InChI is InChI=1S/C14H23N3O/c1-9(2)10-6-13(16-8-15-10)17-11-7-12(18-5)14(11,3)4/h6,8-9,11-12H,7H2,1-5H3,(H,15,16,17). The Hall–Kier alpha value is -1.16. The molecule has 1 fully saturated rings. The molecule has 0 spiro atoms. The number of nitrogens with zero attached hydrogens (tertiary/aromatic N) is 2. The number of methoxy groups -OCH3 is 1. The summed E-state index contributed by atoms with van der Waals surface area (Å²) in [7, 11) is 1.78. The Balaban J connectivity index is 2.05. The van der Waals surface area contributed by atoms with Crippen LogP contribution < -0.4 is 5.32 Å². The fourth-order valence-corrected chi connectivity index (χ4v) is 2.48. The molecule has 1 saturated carbocycles. The second-order valence-electron chi connectivity index (χ2n) is 5.96. The topological polar surface area (TPSA) is 47.0 Å². The minimum atomic E-state index is 0.150. The average molecular weight is 249 g/mol. The maximum absolute atomic E-state index is 5.46. The predicted molar refractivity (Wildman–Crippen MR) is 72.7 cm³/mol. The van der Waals surface area contributed by atoms with Crippen LogP contribution in [0.4, 0.5) is 5.82 Å². The molecule has 1 aromatic heterocycles. The average Bonchev–Trinajstić information content (AvgIpc) is 2.34. The van der Waals surface area contributed by atoms with Gasteiger partial charge in [-0.1, -0.05) is 27.7 Å². The summed E-state index contributed by atoms with van der Waals surface area (Å²) >= 11 is 0. The molecule has 0 saturated heterocycles. The first-order chi connectivity index (χ1) is 8.45. The summed E-state index contributed by atoms with van der Waals surface area (Å²) in [6.07, 6.45) is 3.00. The second kappa shape index (κ2) is 4.84. The van der Waals surface area contributed by atoms with Gasteiger partial charge >= 0.3 is 0 Å². The summed E-state index contributed by atoms with van der Waals surface area (Å²) in [5.41, 5.74) is 1.23. The van der Waals surface area contributed by atoms with Gasteiger partial charge in [-0.15, -0.1) is 0 Å². The monoisotopic (exact) mass is 249 g/mol. The van der Waals surface area contributed by atoms with Crippen LogP contribution in [0.2, 0.25) is 0 Å². The van der Waals surface area contributed by atoms with Gasteiger partial charge in [-0.25, -0.2) is 9.97 Å². The Bertz CT molecular complexity index is 417. The third-order valence-corrected chi connectivity index (χ3v) is 4.06. The molecule has 0 aromatic carbocycles. The summed E-state index contributed by atoms with van der Waals surface area (Å²) in [6, 6.07) is 2.46. The number of anilines is 1. The van der Waals surface area contributed by atoms with E-state index in [9.17, 15) is 0 Å². The van der Waals surface area contributed by atoms with E-state index < -0.39 is 0 Å². The minimum Gasteiger partial charge on any atom is -0.381 e. The lowest BCUT2D eigenvalue weighted by molar-refractivity contribution is -0.0795. The quantitative estimate of drug-likeness (QED) is 0.891. The molecule has 0 bridgehead atoms. The molecule has 0 amide bonds. The van der Waals surface area contributed by atoms with E-state index >= 15 is 0 Å². The van der Waals surface area contributed by atoms with Crippen molar-refractivity contribution in [3.05, 3.63) is 18.1 Å². The number of rotatable bonds is 4. The van der Waals surface area contributed by atoms with E-state index in [1.807, 2.05) is 6.07 Å². The molecule has 0 radical (unpaired) electrons. The van der Waals surface area contributed by atoms with Crippen molar-refractivity contribution in [1.29, 1.82) is 0 Å². The number of hydrogen-bond acceptors (Lipinski definition) is 4. The van der Waals surface area contributed by atoms with Gasteiger partial charge in [0.25, 0.3) is 0 Å². The molecule has 1 aromatic rings. The van der Waals surface area contributed by atoms with Crippen LogP contribution in [-0.2, 0) is 4.74 Å². The highest BCUT2D eigenvalue weighted by molar-refractivity contribution is 5.38. The Kier molecular flexibility index (Phi) is 3.57. The van der Waals surface area contributed by atoms with Gasteiger partial charge in [0.05, 0.1) is 6.10 Å². The zero-order chi connectivity index (χ0) is 13.3. The Morgan fingerprint density at radius 3 is 2.67 bits per heavy atom. The zero-order valence-electron chi connectivity index (χ0n) is 11.9. The smallest absolute Gasteiger partial charge is 0.129 e. The molecule has 4 nitrogen and oxygen atoms in total. The summed E-state index contributed by atoms with van der Waals surface area (Å²) < 4.78 is 5.46. The van der Waals surface area contributed by atoms with Gasteiger partial charge in [-0.2, -0.15) is 0 Å². The zero-order valence-corrected chi connectivity index (χ0v) is 11.9. The van der Waals surface area contributed by atoms with Crippen LogP contribution in [0.25, 0.3) is 0 Å². The molecule has 1 aliphatic carbocycles. The molecular weight excluding hydrogens is 226 g/mol. The minimum absolute atomic E-state index is 0.150. The van der Waals surface area contributed by atoms with Crippen molar-refractivity contribution in [2.75, 3.05) is 12.4 Å². The van der Waals surface area contributed by atoms with Crippen LogP contribution in [-0.4, -0.2) is 29.2 Å². The van der Waals surface area contributed by atoms with Crippen LogP contribution in [0.1, 0.15) is 45.7 Å². The SMILES string of the molecule is COC1CC(Nc2cc(C(C)C)ncn2)C1(C)C. The van der Waals surface area contributed by atoms with Crippen molar-refractivity contribution < 1.29 is 4.74 Å². The maximum atomic E-state index is 5.46. The molecule has 2 atom stereocenters. The fraction of sp³-hybridized carbons (Fsp3) is 0.714. The Morgan fingerprint density at radius 1 is 1.39 bits per heavy atom. The van der Waals surface area contributed by atoms with E-state index in [2.05, 4.69) is 43.0 Å². The first-order valence-electron chi connectivity index (χ1n) is 6.56. The molecule has 18 heavy (non-hydrogen) atoms. The first kappa shape index (κ1) is 13.3.